The average Bonchev–Trinajstić information content (AvgIpc) is 3.25. The summed E-state index contributed by atoms with van der Waals surface area (Å²) in [5.41, 5.74) is 16.6. The molecule has 5 rings (SSSR count). The highest BCUT2D eigenvalue weighted by Crippen LogP contribution is 2.43. The van der Waals surface area contributed by atoms with Crippen LogP contribution in [0.4, 0.5) is 0 Å². The number of nitrogens with zero attached hydrogens (tertiary/aromatic N) is 1. The first-order valence-electron chi connectivity index (χ1n) is 12.1. The van der Waals surface area contributed by atoms with Crippen LogP contribution < -0.4 is 16.2 Å². The summed E-state index contributed by atoms with van der Waals surface area (Å²) in [5.74, 6) is -0.181. The number of nitrogens with two attached hydrogens (primary N) is 2. The SMILES string of the molecule is COc1cccc(-c2cc3c([nH]c4cc(C(N)=O)ccc43)c(C(N)=O)c2C2CCN(CCO)CC2)c1. The minimum atomic E-state index is -0.516. The van der Waals surface area contributed by atoms with E-state index in [0.29, 0.717) is 23.2 Å². The number of aliphatic hydroxyl groups excluding tert-OH is 1. The molecule has 1 aliphatic rings. The number of rotatable bonds is 7. The van der Waals surface area contributed by atoms with E-state index in [1.807, 2.05) is 30.3 Å². The van der Waals surface area contributed by atoms with Crippen LogP contribution in [0.15, 0.2) is 48.5 Å². The third kappa shape index (κ3) is 4.19. The molecule has 0 unspecified atom stereocenters. The van der Waals surface area contributed by atoms with Crippen molar-refractivity contribution in [3.8, 4) is 16.9 Å². The Kier molecular flexibility index (Phi) is 6.38. The van der Waals surface area contributed by atoms with Crippen molar-refractivity contribution < 1.29 is 19.4 Å². The summed E-state index contributed by atoms with van der Waals surface area (Å²) in [7, 11) is 1.63. The molecule has 8 heteroatoms. The third-order valence-corrected chi connectivity index (χ3v) is 7.26. The number of piperidine rings is 1. The molecule has 0 radical (unpaired) electrons. The molecule has 1 aliphatic heterocycles. The monoisotopic (exact) mass is 486 g/mol. The van der Waals surface area contributed by atoms with Crippen LogP contribution in [0.25, 0.3) is 32.9 Å². The number of amides is 2. The van der Waals surface area contributed by atoms with E-state index in [1.54, 1.807) is 19.2 Å². The quantitative estimate of drug-likeness (QED) is 0.318. The molecule has 0 aliphatic carbocycles. The van der Waals surface area contributed by atoms with Gasteiger partial charge < -0.3 is 31.2 Å². The maximum absolute atomic E-state index is 13.1. The first kappa shape index (κ1) is 23.8. The van der Waals surface area contributed by atoms with Crippen molar-refractivity contribution in [1.29, 1.82) is 0 Å². The molecule has 2 heterocycles. The lowest BCUT2D eigenvalue weighted by atomic mass is 9.80. The van der Waals surface area contributed by atoms with Gasteiger partial charge in [0.1, 0.15) is 5.75 Å². The van der Waals surface area contributed by atoms with Gasteiger partial charge in [-0.3, -0.25) is 9.59 Å². The van der Waals surface area contributed by atoms with E-state index in [2.05, 4.69) is 16.0 Å². The van der Waals surface area contributed by atoms with E-state index < -0.39 is 11.8 Å². The molecule has 1 aromatic heterocycles. The minimum Gasteiger partial charge on any atom is -0.497 e. The minimum absolute atomic E-state index is 0.112. The van der Waals surface area contributed by atoms with E-state index in [9.17, 15) is 14.7 Å². The van der Waals surface area contributed by atoms with Gasteiger partial charge in [-0.25, -0.2) is 0 Å². The largest absolute Gasteiger partial charge is 0.497 e. The number of H-pyrrole nitrogens is 1. The number of carbonyl (C=O) groups is 2. The van der Waals surface area contributed by atoms with Crippen molar-refractivity contribution in [2.75, 3.05) is 33.4 Å². The van der Waals surface area contributed by atoms with E-state index in [4.69, 9.17) is 16.2 Å². The number of hydrogen-bond acceptors (Lipinski definition) is 5. The predicted molar refractivity (Wildman–Crippen MR) is 140 cm³/mol. The fourth-order valence-corrected chi connectivity index (χ4v) is 5.51. The van der Waals surface area contributed by atoms with E-state index in [-0.39, 0.29) is 12.5 Å². The number of ether oxygens (including phenoxy) is 1. The maximum Gasteiger partial charge on any atom is 0.251 e. The van der Waals surface area contributed by atoms with Gasteiger partial charge in [0.05, 0.1) is 24.8 Å². The highest BCUT2D eigenvalue weighted by atomic mass is 16.5. The molecular formula is C28H30N4O4. The Morgan fingerprint density at radius 3 is 2.50 bits per heavy atom. The lowest BCUT2D eigenvalue weighted by Gasteiger charge is -2.33. The second kappa shape index (κ2) is 9.64. The van der Waals surface area contributed by atoms with Gasteiger partial charge in [-0.1, -0.05) is 18.2 Å². The fourth-order valence-electron chi connectivity index (χ4n) is 5.51. The van der Waals surface area contributed by atoms with Crippen molar-refractivity contribution in [2.45, 2.75) is 18.8 Å². The Labute approximate surface area is 208 Å². The molecule has 6 N–H and O–H groups in total. The van der Waals surface area contributed by atoms with E-state index in [0.717, 1.165) is 64.7 Å². The van der Waals surface area contributed by atoms with E-state index in [1.165, 1.54) is 0 Å². The van der Waals surface area contributed by atoms with Crippen LogP contribution in [0.3, 0.4) is 0 Å². The Bertz CT molecular complexity index is 1470. The maximum atomic E-state index is 13.1. The van der Waals surface area contributed by atoms with Gasteiger partial charge in [0.15, 0.2) is 0 Å². The Morgan fingerprint density at radius 2 is 1.83 bits per heavy atom. The molecule has 36 heavy (non-hydrogen) atoms. The number of hydrogen-bond donors (Lipinski definition) is 4. The highest BCUT2D eigenvalue weighted by molar-refractivity contribution is 6.18. The number of β-amino-alcohol motifs (C(OH)–C–C–N with tert-alkyl or cyclic N) is 1. The van der Waals surface area contributed by atoms with Gasteiger partial charge >= 0.3 is 0 Å². The number of carbonyl (C=O) groups excluding carboxylic acids is 2. The zero-order valence-electron chi connectivity index (χ0n) is 20.2. The number of aromatic amines is 1. The predicted octanol–water partition coefficient (Wildman–Crippen LogP) is 3.37. The number of methoxy groups -OCH3 is 1. The summed E-state index contributed by atoms with van der Waals surface area (Å²) in [6.07, 6.45) is 1.68. The van der Waals surface area contributed by atoms with Crippen molar-refractivity contribution in [3.63, 3.8) is 0 Å². The summed E-state index contributed by atoms with van der Waals surface area (Å²) in [5, 5.41) is 11.1. The molecule has 1 saturated heterocycles. The topological polar surface area (TPSA) is 135 Å². The standard InChI is InChI=1S/C28H30N4O4/c1-36-19-4-2-3-17(13-19)21-15-22-20-6-5-18(27(29)34)14-23(20)31-26(22)25(28(30)35)24(21)16-7-9-32(10-8-16)11-12-33/h2-6,13-16,31,33H,7-12H2,1H3,(H2,29,34)(H2,30,35). The number of aliphatic hydroxyl groups is 1. The molecule has 8 nitrogen and oxygen atoms in total. The van der Waals surface area contributed by atoms with Gasteiger partial charge in [-0.2, -0.15) is 0 Å². The van der Waals surface area contributed by atoms with Gasteiger partial charge in [-0.15, -0.1) is 0 Å². The van der Waals surface area contributed by atoms with Crippen LogP contribution in [0.2, 0.25) is 0 Å². The van der Waals surface area contributed by atoms with Crippen molar-refractivity contribution in [3.05, 3.63) is 65.2 Å². The molecule has 0 saturated carbocycles. The van der Waals surface area contributed by atoms with Crippen LogP contribution in [-0.2, 0) is 0 Å². The van der Waals surface area contributed by atoms with Crippen molar-refractivity contribution in [1.82, 2.24) is 9.88 Å². The molecule has 2 amide bonds. The summed E-state index contributed by atoms with van der Waals surface area (Å²) >= 11 is 0. The summed E-state index contributed by atoms with van der Waals surface area (Å²) in [6, 6.07) is 15.2. The highest BCUT2D eigenvalue weighted by Gasteiger charge is 2.29. The summed E-state index contributed by atoms with van der Waals surface area (Å²) in [6.45, 7) is 2.42. The molecule has 0 atom stereocenters. The zero-order valence-corrected chi connectivity index (χ0v) is 20.2. The average molecular weight is 487 g/mol. The number of aromatic nitrogens is 1. The normalized spacial score (nSPS) is 14.9. The summed E-state index contributed by atoms with van der Waals surface area (Å²) < 4.78 is 5.49. The number of fused-ring (bicyclic) bond motifs is 3. The van der Waals surface area contributed by atoms with Gasteiger partial charge in [-0.05, 0) is 78.9 Å². The number of likely N-dealkylation sites (tertiary alicyclic amines) is 1. The molecule has 0 spiro atoms. The second-order valence-corrected chi connectivity index (χ2v) is 9.32. The number of nitrogens with one attached hydrogen (secondary N) is 1. The van der Waals surface area contributed by atoms with Gasteiger partial charge in [0, 0.05) is 28.4 Å². The first-order valence-corrected chi connectivity index (χ1v) is 12.1. The Hall–Kier alpha value is -3.88. The first-order chi connectivity index (χ1) is 17.4. The van der Waals surface area contributed by atoms with E-state index >= 15 is 0 Å². The smallest absolute Gasteiger partial charge is 0.251 e. The lowest BCUT2D eigenvalue weighted by molar-refractivity contribution is 0.0991. The molecule has 3 aromatic carbocycles. The van der Waals surface area contributed by atoms with Crippen LogP contribution >= 0.6 is 0 Å². The third-order valence-electron chi connectivity index (χ3n) is 7.26. The van der Waals surface area contributed by atoms with Crippen LogP contribution in [0.5, 0.6) is 5.75 Å². The zero-order chi connectivity index (χ0) is 25.4. The van der Waals surface area contributed by atoms with Crippen molar-refractivity contribution in [2.24, 2.45) is 11.5 Å². The molecular weight excluding hydrogens is 456 g/mol. The molecule has 0 bridgehead atoms. The van der Waals surface area contributed by atoms with Crippen LogP contribution in [0.1, 0.15) is 45.0 Å². The molecule has 186 valence electrons. The van der Waals surface area contributed by atoms with Gasteiger partial charge in [0.2, 0.25) is 5.91 Å². The molecule has 1 fully saturated rings. The van der Waals surface area contributed by atoms with Crippen LogP contribution in [-0.4, -0.2) is 60.2 Å². The fraction of sp³-hybridized carbons (Fsp3) is 0.286. The van der Waals surface area contributed by atoms with Gasteiger partial charge in [0.25, 0.3) is 5.91 Å². The molecule has 4 aromatic rings. The number of benzene rings is 3. The number of primary amides is 2. The Balaban J connectivity index is 1.79. The van der Waals surface area contributed by atoms with Crippen LogP contribution in [0, 0.1) is 0 Å². The van der Waals surface area contributed by atoms with Crippen molar-refractivity contribution >= 4 is 33.6 Å². The lowest BCUT2D eigenvalue weighted by Crippen LogP contribution is -2.35. The second-order valence-electron chi connectivity index (χ2n) is 9.32. The Morgan fingerprint density at radius 1 is 1.06 bits per heavy atom. The summed E-state index contributed by atoms with van der Waals surface area (Å²) in [4.78, 5) is 30.4.